The Morgan fingerprint density at radius 1 is 1.64 bits per heavy atom. The highest BCUT2D eigenvalue weighted by molar-refractivity contribution is 5.45. The number of nitrogens with zero attached hydrogens (tertiary/aromatic N) is 4. The van der Waals surface area contributed by atoms with E-state index in [4.69, 9.17) is 11.0 Å². The summed E-state index contributed by atoms with van der Waals surface area (Å²) in [6, 6.07) is 3.92. The van der Waals surface area contributed by atoms with Crippen molar-refractivity contribution >= 4 is 11.6 Å². The van der Waals surface area contributed by atoms with Crippen LogP contribution in [0.5, 0.6) is 0 Å². The second-order valence-electron chi connectivity index (χ2n) is 3.12. The van der Waals surface area contributed by atoms with Crippen LogP contribution in [-0.2, 0) is 0 Å². The molecule has 2 N–H and O–H groups in total. The van der Waals surface area contributed by atoms with Gasteiger partial charge in [-0.25, -0.2) is 9.97 Å². The van der Waals surface area contributed by atoms with E-state index in [1.807, 2.05) is 18.9 Å². The predicted octanol–water partition coefficient (Wildman–Crippen LogP) is 0.797. The molecule has 0 aliphatic carbocycles. The minimum Gasteiger partial charge on any atom is -0.384 e. The van der Waals surface area contributed by atoms with Gasteiger partial charge in [0.15, 0.2) is 0 Å². The first-order valence-electron chi connectivity index (χ1n) is 4.32. The van der Waals surface area contributed by atoms with Crippen molar-refractivity contribution in [1.82, 2.24) is 9.97 Å². The van der Waals surface area contributed by atoms with Crippen LogP contribution in [0.3, 0.4) is 0 Å². The van der Waals surface area contributed by atoms with Gasteiger partial charge >= 0.3 is 0 Å². The molecule has 0 radical (unpaired) electrons. The zero-order valence-electron chi connectivity index (χ0n) is 8.31. The maximum atomic E-state index is 8.55. The molecule has 1 aromatic heterocycles. The van der Waals surface area contributed by atoms with Crippen molar-refractivity contribution in [3.05, 3.63) is 12.4 Å². The van der Waals surface area contributed by atoms with E-state index in [2.05, 4.69) is 16.0 Å². The highest BCUT2D eigenvalue weighted by atomic mass is 15.2. The predicted molar refractivity (Wildman–Crippen MR) is 54.5 cm³/mol. The molecule has 5 heteroatoms. The monoisotopic (exact) mass is 191 g/mol. The van der Waals surface area contributed by atoms with Gasteiger partial charge in [0.1, 0.15) is 18.0 Å². The van der Waals surface area contributed by atoms with Crippen LogP contribution in [0.15, 0.2) is 12.4 Å². The molecule has 1 aromatic rings. The molecule has 1 unspecified atom stereocenters. The van der Waals surface area contributed by atoms with E-state index >= 15 is 0 Å². The van der Waals surface area contributed by atoms with Crippen LogP contribution in [0.25, 0.3) is 0 Å². The molecular formula is C9H13N5. The third kappa shape index (κ3) is 2.33. The maximum absolute atomic E-state index is 8.55. The summed E-state index contributed by atoms with van der Waals surface area (Å²) in [6.45, 7) is 1.96. The van der Waals surface area contributed by atoms with Crippen LogP contribution < -0.4 is 10.6 Å². The summed E-state index contributed by atoms with van der Waals surface area (Å²) < 4.78 is 0. The maximum Gasteiger partial charge on any atom is 0.134 e. The molecule has 1 heterocycles. The molecule has 0 bridgehead atoms. The molecule has 0 aliphatic heterocycles. The Balaban J connectivity index is 2.79. The number of anilines is 2. The van der Waals surface area contributed by atoms with Crippen molar-refractivity contribution in [3.63, 3.8) is 0 Å². The summed E-state index contributed by atoms with van der Waals surface area (Å²) in [5.41, 5.74) is 5.53. The van der Waals surface area contributed by atoms with E-state index in [0.717, 1.165) is 5.82 Å². The van der Waals surface area contributed by atoms with Crippen molar-refractivity contribution < 1.29 is 0 Å². The Hall–Kier alpha value is -1.83. The Kier molecular flexibility index (Phi) is 3.24. The van der Waals surface area contributed by atoms with Crippen LogP contribution in [0.4, 0.5) is 11.6 Å². The van der Waals surface area contributed by atoms with Gasteiger partial charge in [0.25, 0.3) is 0 Å². The van der Waals surface area contributed by atoms with Crippen molar-refractivity contribution in [2.75, 3.05) is 17.7 Å². The lowest BCUT2D eigenvalue weighted by Crippen LogP contribution is -2.29. The van der Waals surface area contributed by atoms with E-state index in [9.17, 15) is 0 Å². The SMILES string of the molecule is CC(CC#N)N(C)c1cc(N)ncn1. The van der Waals surface area contributed by atoms with Gasteiger partial charge in [-0.3, -0.25) is 0 Å². The van der Waals surface area contributed by atoms with Crippen molar-refractivity contribution in [2.24, 2.45) is 0 Å². The highest BCUT2D eigenvalue weighted by Crippen LogP contribution is 2.14. The number of nitrogen functional groups attached to an aromatic ring is 1. The second-order valence-corrected chi connectivity index (χ2v) is 3.12. The lowest BCUT2D eigenvalue weighted by Gasteiger charge is -2.23. The van der Waals surface area contributed by atoms with Crippen LogP contribution in [0.1, 0.15) is 13.3 Å². The van der Waals surface area contributed by atoms with Gasteiger partial charge in [0, 0.05) is 19.2 Å². The van der Waals surface area contributed by atoms with Crippen molar-refractivity contribution in [3.8, 4) is 6.07 Å². The molecule has 0 fully saturated rings. The Morgan fingerprint density at radius 2 is 2.36 bits per heavy atom. The third-order valence-corrected chi connectivity index (χ3v) is 2.08. The number of nitriles is 1. The summed E-state index contributed by atoms with van der Waals surface area (Å²) >= 11 is 0. The quantitative estimate of drug-likeness (QED) is 0.764. The average Bonchev–Trinajstić information content (AvgIpc) is 2.17. The van der Waals surface area contributed by atoms with Crippen LogP contribution >= 0.6 is 0 Å². The van der Waals surface area contributed by atoms with Crippen LogP contribution in [-0.4, -0.2) is 23.1 Å². The van der Waals surface area contributed by atoms with E-state index in [1.165, 1.54) is 6.33 Å². The second kappa shape index (κ2) is 4.42. The van der Waals surface area contributed by atoms with E-state index in [0.29, 0.717) is 12.2 Å². The lowest BCUT2D eigenvalue weighted by atomic mass is 10.2. The lowest BCUT2D eigenvalue weighted by molar-refractivity contribution is 0.693. The fourth-order valence-electron chi connectivity index (χ4n) is 1.05. The molecule has 74 valence electrons. The van der Waals surface area contributed by atoms with Gasteiger partial charge in [0.05, 0.1) is 12.5 Å². The topological polar surface area (TPSA) is 78.8 Å². The first-order valence-corrected chi connectivity index (χ1v) is 4.32. The highest BCUT2D eigenvalue weighted by Gasteiger charge is 2.10. The number of hydrogen-bond acceptors (Lipinski definition) is 5. The van der Waals surface area contributed by atoms with Crippen molar-refractivity contribution in [2.45, 2.75) is 19.4 Å². The molecule has 1 atom stereocenters. The smallest absolute Gasteiger partial charge is 0.134 e. The summed E-state index contributed by atoms with van der Waals surface area (Å²) in [5, 5.41) is 8.55. The molecule has 14 heavy (non-hydrogen) atoms. The molecule has 0 aliphatic rings. The number of aromatic nitrogens is 2. The average molecular weight is 191 g/mol. The first-order chi connectivity index (χ1) is 6.65. The number of hydrogen-bond donors (Lipinski definition) is 1. The molecule has 5 nitrogen and oxygen atoms in total. The van der Waals surface area contributed by atoms with Crippen LogP contribution in [0, 0.1) is 11.3 Å². The molecule has 0 amide bonds. The summed E-state index contributed by atoms with van der Waals surface area (Å²) in [4.78, 5) is 9.77. The van der Waals surface area contributed by atoms with Gasteiger partial charge in [-0.2, -0.15) is 5.26 Å². The first kappa shape index (κ1) is 10.3. The number of rotatable bonds is 3. The summed E-state index contributed by atoms with van der Waals surface area (Å²) in [6.07, 6.45) is 1.88. The van der Waals surface area contributed by atoms with Gasteiger partial charge in [-0.1, -0.05) is 0 Å². The molecule has 0 spiro atoms. The molecule has 0 saturated carbocycles. The minimum atomic E-state index is 0.120. The fraction of sp³-hybridized carbons (Fsp3) is 0.444. The number of nitrogens with two attached hydrogens (primary N) is 1. The Labute approximate surface area is 83.2 Å². The van der Waals surface area contributed by atoms with E-state index < -0.39 is 0 Å². The van der Waals surface area contributed by atoms with Gasteiger partial charge in [-0.15, -0.1) is 0 Å². The normalized spacial score (nSPS) is 11.8. The van der Waals surface area contributed by atoms with Crippen LogP contribution in [0.2, 0.25) is 0 Å². The fourth-order valence-corrected chi connectivity index (χ4v) is 1.05. The van der Waals surface area contributed by atoms with Gasteiger partial charge < -0.3 is 10.6 Å². The molecule has 0 saturated heterocycles. The zero-order chi connectivity index (χ0) is 10.6. The zero-order valence-corrected chi connectivity index (χ0v) is 8.31. The third-order valence-electron chi connectivity index (χ3n) is 2.08. The minimum absolute atomic E-state index is 0.120. The molecule has 0 aromatic carbocycles. The molecule has 1 rings (SSSR count). The standard InChI is InChI=1S/C9H13N5/c1-7(3-4-10)14(2)9-5-8(11)12-6-13-9/h5-7H,3H2,1-2H3,(H2,11,12,13). The molecular weight excluding hydrogens is 178 g/mol. The van der Waals surface area contributed by atoms with Crippen molar-refractivity contribution in [1.29, 1.82) is 5.26 Å². The van der Waals surface area contributed by atoms with E-state index in [1.54, 1.807) is 6.07 Å². The van der Waals surface area contributed by atoms with E-state index in [-0.39, 0.29) is 6.04 Å². The summed E-state index contributed by atoms with van der Waals surface area (Å²) in [5.74, 6) is 1.17. The summed E-state index contributed by atoms with van der Waals surface area (Å²) in [7, 11) is 1.88. The van der Waals surface area contributed by atoms with Gasteiger partial charge in [0.2, 0.25) is 0 Å². The largest absolute Gasteiger partial charge is 0.384 e. The Bertz CT molecular complexity index is 343. The van der Waals surface area contributed by atoms with Gasteiger partial charge in [-0.05, 0) is 6.92 Å². The Morgan fingerprint density at radius 3 is 2.93 bits per heavy atom.